The van der Waals surface area contributed by atoms with Gasteiger partial charge in [-0.2, -0.15) is 0 Å². The van der Waals surface area contributed by atoms with E-state index in [1.807, 2.05) is 0 Å². The first kappa shape index (κ1) is 11.9. The second-order valence-electron chi connectivity index (χ2n) is 3.78. The third kappa shape index (κ3) is 1.98. The summed E-state index contributed by atoms with van der Waals surface area (Å²) in [5.74, 6) is -1.26. The molecule has 0 saturated carbocycles. The van der Waals surface area contributed by atoms with Gasteiger partial charge < -0.3 is 15.6 Å². The average Bonchev–Trinajstić information content (AvgIpc) is 2.36. The molecule has 0 heterocycles. The largest absolute Gasteiger partial charge is 0.496 e. The van der Waals surface area contributed by atoms with Crippen molar-refractivity contribution in [2.45, 2.75) is 0 Å². The summed E-state index contributed by atoms with van der Waals surface area (Å²) >= 11 is 0. The Morgan fingerprint density at radius 1 is 1.17 bits per heavy atom. The van der Waals surface area contributed by atoms with Crippen molar-refractivity contribution in [1.29, 1.82) is 0 Å². The summed E-state index contributed by atoms with van der Waals surface area (Å²) in [7, 11) is 1.44. The van der Waals surface area contributed by atoms with Crippen LogP contribution < -0.4 is 10.5 Å². The van der Waals surface area contributed by atoms with E-state index in [4.69, 9.17) is 15.6 Å². The Morgan fingerprint density at radius 3 is 2.44 bits per heavy atom. The Balaban J connectivity index is 2.72. The van der Waals surface area contributed by atoms with Crippen LogP contribution in [0.4, 0.5) is 0 Å². The molecule has 0 saturated heterocycles. The minimum absolute atomic E-state index is 0.156. The summed E-state index contributed by atoms with van der Waals surface area (Å²) in [5.41, 5.74) is 5.63. The minimum Gasteiger partial charge on any atom is -0.496 e. The molecule has 0 aliphatic rings. The van der Waals surface area contributed by atoms with Crippen LogP contribution in [0.15, 0.2) is 30.3 Å². The molecule has 0 aromatic heterocycles. The van der Waals surface area contributed by atoms with Crippen molar-refractivity contribution in [2.75, 3.05) is 7.11 Å². The molecular formula is C13H11NO4. The molecule has 0 aliphatic carbocycles. The van der Waals surface area contributed by atoms with Crippen LogP contribution in [0.1, 0.15) is 20.7 Å². The van der Waals surface area contributed by atoms with Crippen LogP contribution in [0.3, 0.4) is 0 Å². The molecule has 2 aromatic carbocycles. The van der Waals surface area contributed by atoms with Crippen molar-refractivity contribution in [3.63, 3.8) is 0 Å². The second-order valence-corrected chi connectivity index (χ2v) is 3.78. The van der Waals surface area contributed by atoms with E-state index in [1.54, 1.807) is 12.1 Å². The molecule has 0 radical (unpaired) electrons. The van der Waals surface area contributed by atoms with Crippen LogP contribution in [0.5, 0.6) is 5.75 Å². The van der Waals surface area contributed by atoms with Gasteiger partial charge in [0.25, 0.3) is 5.91 Å². The molecule has 0 atom stereocenters. The molecule has 3 N–H and O–H groups in total. The molecule has 0 aliphatic heterocycles. The maximum atomic E-state index is 11.3. The Labute approximate surface area is 103 Å². The highest BCUT2D eigenvalue weighted by molar-refractivity contribution is 6.02. The lowest BCUT2D eigenvalue weighted by atomic mass is 10.0. The van der Waals surface area contributed by atoms with Crippen LogP contribution in [0.25, 0.3) is 10.8 Å². The third-order valence-corrected chi connectivity index (χ3v) is 2.67. The molecule has 1 amide bonds. The van der Waals surface area contributed by atoms with Gasteiger partial charge in [-0.25, -0.2) is 4.79 Å². The van der Waals surface area contributed by atoms with E-state index >= 15 is 0 Å². The summed E-state index contributed by atoms with van der Waals surface area (Å²) in [4.78, 5) is 22.1. The fourth-order valence-corrected chi connectivity index (χ4v) is 1.77. The lowest BCUT2D eigenvalue weighted by molar-refractivity contribution is 0.0697. The van der Waals surface area contributed by atoms with Crippen molar-refractivity contribution in [3.8, 4) is 5.75 Å². The van der Waals surface area contributed by atoms with Gasteiger partial charge in [0.2, 0.25) is 0 Å². The molecule has 0 spiro atoms. The van der Waals surface area contributed by atoms with Gasteiger partial charge >= 0.3 is 5.97 Å². The highest BCUT2D eigenvalue weighted by Gasteiger charge is 2.12. The summed E-state index contributed by atoms with van der Waals surface area (Å²) < 4.78 is 5.08. The Morgan fingerprint density at radius 2 is 1.89 bits per heavy atom. The predicted octanol–water partition coefficient (Wildman–Crippen LogP) is 1.65. The molecule has 5 nitrogen and oxygen atoms in total. The molecule has 92 valence electrons. The number of rotatable bonds is 3. The number of carbonyl (C=O) groups is 2. The van der Waals surface area contributed by atoms with E-state index in [9.17, 15) is 9.59 Å². The number of nitrogens with two attached hydrogens (primary N) is 1. The van der Waals surface area contributed by atoms with Crippen molar-refractivity contribution < 1.29 is 19.4 Å². The van der Waals surface area contributed by atoms with Crippen LogP contribution >= 0.6 is 0 Å². The van der Waals surface area contributed by atoms with Gasteiger partial charge in [-0.05, 0) is 35.0 Å². The molecule has 0 fully saturated rings. The number of hydrogen-bond acceptors (Lipinski definition) is 3. The summed E-state index contributed by atoms with van der Waals surface area (Å²) in [6.45, 7) is 0. The maximum Gasteiger partial charge on any atom is 0.335 e. The minimum atomic E-state index is -1.02. The first-order valence-corrected chi connectivity index (χ1v) is 5.18. The SMILES string of the molecule is COc1cc2ccc(C(=O)O)cc2cc1C(N)=O. The number of primary amides is 1. The number of fused-ring (bicyclic) bond motifs is 1. The first-order valence-electron chi connectivity index (χ1n) is 5.18. The van der Waals surface area contributed by atoms with E-state index in [0.717, 1.165) is 5.39 Å². The smallest absolute Gasteiger partial charge is 0.335 e. The van der Waals surface area contributed by atoms with Crippen molar-refractivity contribution in [3.05, 3.63) is 41.5 Å². The van der Waals surface area contributed by atoms with Crippen LogP contribution in [0, 0.1) is 0 Å². The van der Waals surface area contributed by atoms with Crippen LogP contribution in [-0.2, 0) is 0 Å². The summed E-state index contributed by atoms with van der Waals surface area (Å²) in [6.07, 6.45) is 0. The average molecular weight is 245 g/mol. The number of methoxy groups -OCH3 is 1. The van der Waals surface area contributed by atoms with Gasteiger partial charge in [-0.15, -0.1) is 0 Å². The molecule has 0 bridgehead atoms. The zero-order chi connectivity index (χ0) is 13.3. The first-order chi connectivity index (χ1) is 8.52. The van der Waals surface area contributed by atoms with E-state index in [2.05, 4.69) is 0 Å². The predicted molar refractivity (Wildman–Crippen MR) is 66.0 cm³/mol. The van der Waals surface area contributed by atoms with E-state index in [-0.39, 0.29) is 11.1 Å². The number of carboxylic acids is 1. The highest BCUT2D eigenvalue weighted by atomic mass is 16.5. The Hall–Kier alpha value is -2.56. The summed E-state index contributed by atoms with van der Waals surface area (Å²) in [5, 5.41) is 10.3. The molecular weight excluding hydrogens is 234 g/mol. The standard InChI is InChI=1S/C13H11NO4/c1-18-11-6-7-2-3-8(13(16)17)4-9(7)5-10(11)12(14)15/h2-6H,1H3,(H2,14,15)(H,16,17). The monoisotopic (exact) mass is 245 g/mol. The molecule has 2 aromatic rings. The number of aromatic carboxylic acids is 1. The number of carboxylic acid groups (broad SMARTS) is 1. The zero-order valence-corrected chi connectivity index (χ0v) is 9.64. The van der Waals surface area contributed by atoms with E-state index in [0.29, 0.717) is 11.1 Å². The Bertz CT molecular complexity index is 649. The van der Waals surface area contributed by atoms with Crippen molar-refractivity contribution in [1.82, 2.24) is 0 Å². The number of benzene rings is 2. The topological polar surface area (TPSA) is 89.6 Å². The lowest BCUT2D eigenvalue weighted by Gasteiger charge is -2.08. The van der Waals surface area contributed by atoms with Gasteiger partial charge in [0.15, 0.2) is 0 Å². The molecule has 5 heteroatoms. The third-order valence-electron chi connectivity index (χ3n) is 2.67. The normalized spacial score (nSPS) is 10.3. The fraction of sp³-hybridized carbons (Fsp3) is 0.0769. The van der Waals surface area contributed by atoms with E-state index < -0.39 is 11.9 Å². The number of carbonyl (C=O) groups excluding carboxylic acids is 1. The van der Waals surface area contributed by atoms with Crippen LogP contribution in [-0.4, -0.2) is 24.1 Å². The number of ether oxygens (including phenoxy) is 1. The van der Waals surface area contributed by atoms with Crippen LogP contribution in [0.2, 0.25) is 0 Å². The quantitative estimate of drug-likeness (QED) is 0.860. The Kier molecular flexibility index (Phi) is 2.89. The molecule has 0 unspecified atom stereocenters. The van der Waals surface area contributed by atoms with Gasteiger partial charge in [-0.3, -0.25) is 4.79 Å². The molecule has 18 heavy (non-hydrogen) atoms. The van der Waals surface area contributed by atoms with E-state index in [1.165, 1.54) is 25.3 Å². The molecule has 2 rings (SSSR count). The van der Waals surface area contributed by atoms with Gasteiger partial charge in [0, 0.05) is 0 Å². The second kappa shape index (κ2) is 4.37. The fourth-order valence-electron chi connectivity index (χ4n) is 1.77. The number of hydrogen-bond donors (Lipinski definition) is 2. The summed E-state index contributed by atoms with van der Waals surface area (Å²) in [6, 6.07) is 7.83. The van der Waals surface area contributed by atoms with Gasteiger partial charge in [-0.1, -0.05) is 6.07 Å². The van der Waals surface area contributed by atoms with Gasteiger partial charge in [0.05, 0.1) is 18.2 Å². The van der Waals surface area contributed by atoms with Gasteiger partial charge in [0.1, 0.15) is 5.75 Å². The highest BCUT2D eigenvalue weighted by Crippen LogP contribution is 2.26. The van der Waals surface area contributed by atoms with Crippen molar-refractivity contribution >= 4 is 22.6 Å². The lowest BCUT2D eigenvalue weighted by Crippen LogP contribution is -2.12. The van der Waals surface area contributed by atoms with Crippen molar-refractivity contribution in [2.24, 2.45) is 5.73 Å². The zero-order valence-electron chi connectivity index (χ0n) is 9.64. The maximum absolute atomic E-state index is 11.3. The number of amides is 1.